The average Bonchev–Trinajstić information content (AvgIpc) is 2.87. The number of sulfone groups is 1. The average molecular weight is 313 g/mol. The van der Waals surface area contributed by atoms with E-state index in [1.165, 1.54) is 10.5 Å². The molecule has 0 amide bonds. The van der Waals surface area contributed by atoms with Gasteiger partial charge in [0.2, 0.25) is 0 Å². The van der Waals surface area contributed by atoms with Crippen LogP contribution in [0, 0.1) is 0 Å². The molecule has 0 saturated heterocycles. The Morgan fingerprint density at radius 3 is 2.80 bits per heavy atom. The fourth-order valence-corrected chi connectivity index (χ4v) is 5.00. The third-order valence-electron chi connectivity index (χ3n) is 3.90. The maximum atomic E-state index is 11.5. The van der Waals surface area contributed by atoms with Crippen LogP contribution in [0.5, 0.6) is 0 Å². The molecule has 1 heterocycles. The number of benzene rings is 1. The number of nitrogens with one attached hydrogen (secondary N) is 1. The molecule has 1 N–H and O–H groups in total. The van der Waals surface area contributed by atoms with E-state index in [2.05, 4.69) is 29.6 Å². The van der Waals surface area contributed by atoms with Crippen molar-refractivity contribution in [3.8, 4) is 0 Å². The minimum Gasteiger partial charge on any atom is -0.316 e. The fourth-order valence-electron chi connectivity index (χ4n) is 2.62. The summed E-state index contributed by atoms with van der Waals surface area (Å²) in [5.74, 6) is 0.562. The van der Waals surface area contributed by atoms with Crippen molar-refractivity contribution in [2.45, 2.75) is 42.4 Å². The Hall–Kier alpha value is -0.520. The number of rotatable bonds is 7. The lowest BCUT2D eigenvalue weighted by Gasteiger charge is -2.22. The van der Waals surface area contributed by atoms with Crippen molar-refractivity contribution in [3.63, 3.8) is 0 Å². The van der Waals surface area contributed by atoms with Crippen LogP contribution in [0.3, 0.4) is 0 Å². The van der Waals surface area contributed by atoms with Gasteiger partial charge in [0.1, 0.15) is 9.84 Å². The number of thioether (sulfide) groups is 1. The van der Waals surface area contributed by atoms with Crippen molar-refractivity contribution in [3.05, 3.63) is 29.8 Å². The van der Waals surface area contributed by atoms with Crippen LogP contribution in [0.25, 0.3) is 0 Å². The molecule has 2 atom stereocenters. The Labute approximate surface area is 126 Å². The molecule has 1 aliphatic heterocycles. The van der Waals surface area contributed by atoms with E-state index in [0.29, 0.717) is 17.0 Å². The number of hydrogen-bond acceptors (Lipinski definition) is 4. The highest BCUT2D eigenvalue weighted by molar-refractivity contribution is 8.00. The van der Waals surface area contributed by atoms with Gasteiger partial charge in [0.05, 0.1) is 5.75 Å². The predicted molar refractivity (Wildman–Crippen MR) is 86.2 cm³/mol. The molecule has 0 fully saturated rings. The Balaban J connectivity index is 1.88. The Morgan fingerprint density at radius 2 is 2.15 bits per heavy atom. The van der Waals surface area contributed by atoms with Gasteiger partial charge >= 0.3 is 0 Å². The predicted octanol–water partition coefficient (Wildman–Crippen LogP) is 2.51. The molecule has 0 radical (unpaired) electrons. The molecule has 20 heavy (non-hydrogen) atoms. The Kier molecular flexibility index (Phi) is 5.52. The van der Waals surface area contributed by atoms with Crippen LogP contribution < -0.4 is 5.32 Å². The first-order valence-electron chi connectivity index (χ1n) is 7.18. The molecule has 1 aliphatic rings. The summed E-state index contributed by atoms with van der Waals surface area (Å²) in [6, 6.07) is 8.91. The van der Waals surface area contributed by atoms with Crippen molar-refractivity contribution in [1.82, 2.24) is 5.32 Å². The van der Waals surface area contributed by atoms with Gasteiger partial charge in [-0.2, -0.15) is 0 Å². The van der Waals surface area contributed by atoms with E-state index < -0.39 is 9.84 Å². The smallest absolute Gasteiger partial charge is 0.150 e. The molecule has 2 unspecified atom stereocenters. The molecule has 2 rings (SSSR count). The first kappa shape index (κ1) is 15.9. The molecule has 0 aliphatic carbocycles. The molecule has 1 aromatic carbocycles. The highest BCUT2D eigenvalue weighted by Crippen LogP contribution is 2.39. The fraction of sp³-hybridized carbons (Fsp3) is 0.600. The van der Waals surface area contributed by atoms with E-state index >= 15 is 0 Å². The quantitative estimate of drug-likeness (QED) is 0.840. The van der Waals surface area contributed by atoms with Crippen molar-refractivity contribution < 1.29 is 8.42 Å². The molecule has 0 aromatic heterocycles. The maximum absolute atomic E-state index is 11.5. The Bertz CT molecular complexity index is 518. The summed E-state index contributed by atoms with van der Waals surface area (Å²) in [6.45, 7) is 1.72. The SMILES string of the molecule is CCS(=O)(=O)CCCC(NC)C1Cc2ccccc2S1. The summed E-state index contributed by atoms with van der Waals surface area (Å²) in [5, 5.41) is 3.88. The second-order valence-corrected chi connectivity index (χ2v) is 9.00. The molecule has 0 spiro atoms. The van der Waals surface area contributed by atoms with Crippen LogP contribution >= 0.6 is 11.8 Å². The topological polar surface area (TPSA) is 46.2 Å². The summed E-state index contributed by atoms with van der Waals surface area (Å²) >= 11 is 1.92. The largest absolute Gasteiger partial charge is 0.316 e. The second kappa shape index (κ2) is 6.96. The van der Waals surface area contributed by atoms with Gasteiger partial charge in [0.25, 0.3) is 0 Å². The normalized spacial score (nSPS) is 19.8. The molecule has 1 aromatic rings. The lowest BCUT2D eigenvalue weighted by Crippen LogP contribution is -2.36. The van der Waals surface area contributed by atoms with Crippen molar-refractivity contribution in [2.24, 2.45) is 0 Å². The highest BCUT2D eigenvalue weighted by Gasteiger charge is 2.28. The molecular formula is C15H23NO2S2. The van der Waals surface area contributed by atoms with Gasteiger partial charge in [-0.3, -0.25) is 0 Å². The van der Waals surface area contributed by atoms with Crippen molar-refractivity contribution in [2.75, 3.05) is 18.6 Å². The Morgan fingerprint density at radius 1 is 1.40 bits per heavy atom. The zero-order valence-corrected chi connectivity index (χ0v) is 13.8. The van der Waals surface area contributed by atoms with Crippen LogP contribution in [-0.2, 0) is 16.3 Å². The first-order chi connectivity index (χ1) is 9.55. The lowest BCUT2D eigenvalue weighted by atomic mass is 10.0. The molecular weight excluding hydrogens is 290 g/mol. The van der Waals surface area contributed by atoms with Gasteiger partial charge < -0.3 is 5.32 Å². The lowest BCUT2D eigenvalue weighted by molar-refractivity contribution is 0.496. The summed E-state index contributed by atoms with van der Waals surface area (Å²) in [4.78, 5) is 1.37. The summed E-state index contributed by atoms with van der Waals surface area (Å²) in [6.07, 6.45) is 2.74. The number of hydrogen-bond donors (Lipinski definition) is 1. The van der Waals surface area contributed by atoms with Gasteiger partial charge in [-0.05, 0) is 37.9 Å². The first-order valence-corrected chi connectivity index (χ1v) is 9.88. The van der Waals surface area contributed by atoms with E-state index in [4.69, 9.17) is 0 Å². The van der Waals surface area contributed by atoms with Gasteiger partial charge in [-0.1, -0.05) is 25.1 Å². The van der Waals surface area contributed by atoms with Gasteiger partial charge in [-0.25, -0.2) is 8.42 Å². The van der Waals surface area contributed by atoms with E-state index in [1.54, 1.807) is 6.92 Å². The van der Waals surface area contributed by atoms with Gasteiger partial charge in [-0.15, -0.1) is 11.8 Å². The second-order valence-electron chi connectivity index (χ2n) is 5.24. The van der Waals surface area contributed by atoms with Crippen LogP contribution in [0.4, 0.5) is 0 Å². The number of fused-ring (bicyclic) bond motifs is 1. The van der Waals surface area contributed by atoms with Gasteiger partial charge in [0, 0.05) is 21.9 Å². The van der Waals surface area contributed by atoms with Crippen LogP contribution in [-0.4, -0.2) is 38.3 Å². The summed E-state index contributed by atoms with van der Waals surface area (Å²) < 4.78 is 23.1. The third kappa shape index (κ3) is 3.99. The third-order valence-corrected chi connectivity index (χ3v) is 7.14. The van der Waals surface area contributed by atoms with E-state index in [1.807, 2.05) is 18.8 Å². The minimum atomic E-state index is -2.84. The van der Waals surface area contributed by atoms with Crippen molar-refractivity contribution in [1.29, 1.82) is 0 Å². The maximum Gasteiger partial charge on any atom is 0.150 e. The summed E-state index contributed by atoms with van der Waals surface area (Å²) in [5.41, 5.74) is 1.42. The highest BCUT2D eigenvalue weighted by atomic mass is 32.2. The molecule has 0 saturated carbocycles. The van der Waals surface area contributed by atoms with Crippen LogP contribution in [0.1, 0.15) is 25.3 Å². The van der Waals surface area contributed by atoms with Gasteiger partial charge in [0.15, 0.2) is 0 Å². The molecule has 3 nitrogen and oxygen atoms in total. The molecule has 112 valence electrons. The monoisotopic (exact) mass is 313 g/mol. The van der Waals surface area contributed by atoms with E-state index in [-0.39, 0.29) is 5.75 Å². The molecule has 0 bridgehead atoms. The van der Waals surface area contributed by atoms with Crippen LogP contribution in [0.15, 0.2) is 29.2 Å². The zero-order valence-electron chi connectivity index (χ0n) is 12.1. The van der Waals surface area contributed by atoms with Crippen LogP contribution in [0.2, 0.25) is 0 Å². The van der Waals surface area contributed by atoms with E-state index in [9.17, 15) is 8.42 Å². The van der Waals surface area contributed by atoms with Crippen molar-refractivity contribution >= 4 is 21.6 Å². The standard InChI is InChI=1S/C15H23NO2S2/c1-3-20(17,18)10-6-8-13(16-2)15-11-12-7-4-5-9-14(12)19-15/h4-5,7,9,13,15-16H,3,6,8,10-11H2,1-2H3. The molecule has 5 heteroatoms. The zero-order chi connectivity index (χ0) is 14.6. The summed E-state index contributed by atoms with van der Waals surface area (Å²) in [7, 11) is -0.860. The minimum absolute atomic E-state index is 0.251. The van der Waals surface area contributed by atoms with E-state index in [0.717, 1.165) is 19.3 Å².